The van der Waals surface area contributed by atoms with Crippen LogP contribution in [0.2, 0.25) is 0 Å². The molecule has 100 valence electrons. The maximum absolute atomic E-state index is 12.8. The number of aliphatic hydroxyl groups excluding tert-OH is 2. The fourth-order valence-electron chi connectivity index (χ4n) is 1.64. The zero-order chi connectivity index (χ0) is 13.3. The molecule has 2 N–H and O–H groups in total. The molecule has 1 aromatic rings. The van der Waals surface area contributed by atoms with Crippen LogP contribution in [-0.2, 0) is 0 Å². The SMILES string of the molecule is OC(CCCl)C(O)c1ccc2c(c1)OC(F)(F)O2. The maximum Gasteiger partial charge on any atom is 0.586 e. The Labute approximate surface area is 107 Å². The standard InChI is InChI=1S/C11H11ClF2O4/c12-4-3-7(15)10(16)6-1-2-8-9(5-6)18-11(13,14)17-8/h1-2,5,7,10,15-16H,3-4H2. The van der Waals surface area contributed by atoms with Crippen LogP contribution in [0.25, 0.3) is 0 Å². The van der Waals surface area contributed by atoms with Crippen LogP contribution in [0.3, 0.4) is 0 Å². The zero-order valence-corrected chi connectivity index (χ0v) is 9.90. The third-order valence-corrected chi connectivity index (χ3v) is 2.75. The van der Waals surface area contributed by atoms with Gasteiger partial charge in [-0.25, -0.2) is 0 Å². The van der Waals surface area contributed by atoms with Crippen LogP contribution in [0.15, 0.2) is 18.2 Å². The lowest BCUT2D eigenvalue weighted by atomic mass is 10.0. The highest BCUT2D eigenvalue weighted by atomic mass is 35.5. The van der Waals surface area contributed by atoms with E-state index in [1.54, 1.807) is 0 Å². The van der Waals surface area contributed by atoms with Gasteiger partial charge in [0.1, 0.15) is 6.10 Å². The lowest BCUT2D eigenvalue weighted by Gasteiger charge is -2.17. The second-order valence-electron chi connectivity index (χ2n) is 3.86. The van der Waals surface area contributed by atoms with Crippen molar-refractivity contribution in [3.8, 4) is 11.5 Å². The summed E-state index contributed by atoms with van der Waals surface area (Å²) in [5.41, 5.74) is 0.257. The lowest BCUT2D eigenvalue weighted by molar-refractivity contribution is -0.286. The van der Waals surface area contributed by atoms with Crippen molar-refractivity contribution in [2.24, 2.45) is 0 Å². The van der Waals surface area contributed by atoms with Crippen molar-refractivity contribution in [2.45, 2.75) is 24.9 Å². The van der Waals surface area contributed by atoms with E-state index in [4.69, 9.17) is 11.6 Å². The quantitative estimate of drug-likeness (QED) is 0.829. The Morgan fingerprint density at radius 3 is 2.56 bits per heavy atom. The first-order valence-electron chi connectivity index (χ1n) is 5.25. The van der Waals surface area contributed by atoms with E-state index in [2.05, 4.69) is 9.47 Å². The van der Waals surface area contributed by atoms with E-state index in [0.717, 1.165) is 0 Å². The van der Waals surface area contributed by atoms with Crippen LogP contribution < -0.4 is 9.47 Å². The molecule has 0 spiro atoms. The summed E-state index contributed by atoms with van der Waals surface area (Å²) in [5.74, 6) is -0.0988. The lowest BCUT2D eigenvalue weighted by Crippen LogP contribution is -2.26. The monoisotopic (exact) mass is 280 g/mol. The van der Waals surface area contributed by atoms with E-state index in [-0.39, 0.29) is 29.4 Å². The molecule has 1 heterocycles. The number of ether oxygens (including phenoxy) is 2. The first-order valence-corrected chi connectivity index (χ1v) is 5.78. The molecular formula is C11H11ClF2O4. The minimum absolute atomic E-state index is 0.109. The fourth-order valence-corrected chi connectivity index (χ4v) is 1.86. The molecule has 0 saturated heterocycles. The van der Waals surface area contributed by atoms with E-state index >= 15 is 0 Å². The Morgan fingerprint density at radius 1 is 1.22 bits per heavy atom. The number of hydrogen-bond donors (Lipinski definition) is 2. The Morgan fingerprint density at radius 2 is 1.89 bits per heavy atom. The first kappa shape index (κ1) is 13.3. The molecule has 2 atom stereocenters. The van der Waals surface area contributed by atoms with Gasteiger partial charge in [0.15, 0.2) is 11.5 Å². The molecule has 0 amide bonds. The molecule has 0 saturated carbocycles. The summed E-state index contributed by atoms with van der Waals surface area (Å²) in [6.07, 6.45) is -5.79. The van der Waals surface area contributed by atoms with Gasteiger partial charge in [-0.3, -0.25) is 0 Å². The first-order chi connectivity index (χ1) is 8.43. The van der Waals surface area contributed by atoms with Crippen molar-refractivity contribution >= 4 is 11.6 Å². The van der Waals surface area contributed by atoms with E-state index < -0.39 is 18.5 Å². The maximum atomic E-state index is 12.8. The van der Waals surface area contributed by atoms with E-state index in [9.17, 15) is 19.0 Å². The number of fused-ring (bicyclic) bond motifs is 1. The van der Waals surface area contributed by atoms with Gasteiger partial charge >= 0.3 is 6.29 Å². The van der Waals surface area contributed by atoms with Crippen molar-refractivity contribution in [1.29, 1.82) is 0 Å². The summed E-state index contributed by atoms with van der Waals surface area (Å²) in [6, 6.07) is 3.84. The summed E-state index contributed by atoms with van der Waals surface area (Å²) in [6.45, 7) is 0. The smallest absolute Gasteiger partial charge is 0.395 e. The normalized spacial score (nSPS) is 19.6. The number of halogens is 3. The second kappa shape index (κ2) is 4.87. The van der Waals surface area contributed by atoms with Crippen LogP contribution in [0.4, 0.5) is 8.78 Å². The number of alkyl halides is 3. The molecule has 2 rings (SSSR count). The average Bonchev–Trinajstić information content (AvgIpc) is 2.60. The third-order valence-electron chi connectivity index (χ3n) is 2.54. The van der Waals surface area contributed by atoms with Crippen molar-refractivity contribution in [3.05, 3.63) is 23.8 Å². The van der Waals surface area contributed by atoms with E-state index in [0.29, 0.717) is 0 Å². The molecule has 1 aliphatic heterocycles. The number of aliphatic hydroxyl groups is 2. The molecule has 4 nitrogen and oxygen atoms in total. The third kappa shape index (κ3) is 2.66. The van der Waals surface area contributed by atoms with Crippen molar-refractivity contribution in [1.82, 2.24) is 0 Å². The van der Waals surface area contributed by atoms with Gasteiger partial charge in [-0.15, -0.1) is 20.4 Å². The highest BCUT2D eigenvalue weighted by Crippen LogP contribution is 2.42. The minimum Gasteiger partial charge on any atom is -0.395 e. The molecule has 0 bridgehead atoms. The predicted octanol–water partition coefficient (Wildman–Crippen LogP) is 2.03. The fraction of sp³-hybridized carbons (Fsp3) is 0.455. The predicted molar refractivity (Wildman–Crippen MR) is 58.9 cm³/mol. The van der Waals surface area contributed by atoms with Gasteiger partial charge in [-0.2, -0.15) is 0 Å². The van der Waals surface area contributed by atoms with Gasteiger partial charge in [-0.05, 0) is 24.1 Å². The topological polar surface area (TPSA) is 58.9 Å². The minimum atomic E-state index is -3.69. The summed E-state index contributed by atoms with van der Waals surface area (Å²) < 4.78 is 34.0. The summed E-state index contributed by atoms with van der Waals surface area (Å²) in [4.78, 5) is 0. The molecule has 0 fully saturated rings. The second-order valence-corrected chi connectivity index (χ2v) is 4.24. The molecular weight excluding hydrogens is 270 g/mol. The highest BCUT2D eigenvalue weighted by Gasteiger charge is 2.43. The molecule has 7 heteroatoms. The van der Waals surface area contributed by atoms with Crippen LogP contribution in [0, 0.1) is 0 Å². The largest absolute Gasteiger partial charge is 0.586 e. The number of benzene rings is 1. The van der Waals surface area contributed by atoms with Gasteiger partial charge in [-0.1, -0.05) is 6.07 Å². The van der Waals surface area contributed by atoms with Crippen molar-refractivity contribution in [2.75, 3.05) is 5.88 Å². The molecule has 0 aromatic heterocycles. The molecule has 2 unspecified atom stereocenters. The average molecular weight is 281 g/mol. The molecule has 1 aliphatic rings. The molecule has 0 aliphatic carbocycles. The Hall–Kier alpha value is -1.11. The molecule has 0 radical (unpaired) electrons. The van der Waals surface area contributed by atoms with Gasteiger partial charge in [0.25, 0.3) is 0 Å². The van der Waals surface area contributed by atoms with Crippen LogP contribution in [-0.4, -0.2) is 28.5 Å². The number of rotatable bonds is 4. The van der Waals surface area contributed by atoms with Crippen molar-refractivity contribution in [3.63, 3.8) is 0 Å². The zero-order valence-electron chi connectivity index (χ0n) is 9.15. The van der Waals surface area contributed by atoms with Crippen LogP contribution in [0.5, 0.6) is 11.5 Å². The van der Waals surface area contributed by atoms with Gasteiger partial charge in [0.2, 0.25) is 0 Å². The molecule has 18 heavy (non-hydrogen) atoms. The summed E-state index contributed by atoms with van der Waals surface area (Å²) in [5, 5.41) is 19.4. The molecule has 1 aromatic carbocycles. The summed E-state index contributed by atoms with van der Waals surface area (Å²) in [7, 11) is 0. The highest BCUT2D eigenvalue weighted by molar-refractivity contribution is 6.17. The van der Waals surface area contributed by atoms with E-state index in [1.165, 1.54) is 18.2 Å². The number of hydrogen-bond acceptors (Lipinski definition) is 4. The van der Waals surface area contributed by atoms with Gasteiger partial charge < -0.3 is 19.7 Å². The Kier molecular flexibility index (Phi) is 3.61. The Bertz CT molecular complexity index is 441. The van der Waals surface area contributed by atoms with Gasteiger partial charge in [0, 0.05) is 5.88 Å². The van der Waals surface area contributed by atoms with Crippen LogP contribution in [0.1, 0.15) is 18.1 Å². The van der Waals surface area contributed by atoms with E-state index in [1.807, 2.05) is 0 Å². The van der Waals surface area contributed by atoms with Gasteiger partial charge in [0.05, 0.1) is 6.10 Å². The summed E-state index contributed by atoms with van der Waals surface area (Å²) >= 11 is 5.44. The Balaban J connectivity index is 2.18. The van der Waals surface area contributed by atoms with Crippen molar-refractivity contribution < 1.29 is 28.5 Å². The van der Waals surface area contributed by atoms with Crippen LogP contribution >= 0.6 is 11.6 Å².